The van der Waals surface area contributed by atoms with Crippen LogP contribution in [0.1, 0.15) is 18.1 Å². The summed E-state index contributed by atoms with van der Waals surface area (Å²) < 4.78 is 30.9. The highest BCUT2D eigenvalue weighted by Gasteiger charge is 2.12. The lowest BCUT2D eigenvalue weighted by molar-refractivity contribution is 0.267. The number of methoxy groups -OCH3 is 1. The number of rotatable bonds is 8. The molecule has 4 nitrogen and oxygen atoms in total. The Labute approximate surface area is 183 Å². The van der Waals surface area contributed by atoms with Gasteiger partial charge in [-0.25, -0.2) is 4.39 Å². The average molecular weight is 505 g/mol. The third-order valence-electron chi connectivity index (χ3n) is 4.06. The highest BCUT2D eigenvalue weighted by molar-refractivity contribution is 14.1. The van der Waals surface area contributed by atoms with Crippen LogP contribution in [0, 0.1) is 9.39 Å². The maximum Gasteiger partial charge on any atom is 0.175 e. The van der Waals surface area contributed by atoms with Gasteiger partial charge in [-0.05, 0) is 89.2 Å². The van der Waals surface area contributed by atoms with Crippen molar-refractivity contribution in [3.05, 3.63) is 81.2 Å². The van der Waals surface area contributed by atoms with Gasteiger partial charge in [-0.2, -0.15) is 0 Å². The molecule has 3 aromatic rings. The van der Waals surface area contributed by atoms with Crippen LogP contribution in [-0.4, -0.2) is 19.9 Å². The molecule has 0 saturated heterocycles. The molecule has 3 aromatic carbocycles. The molecule has 0 radical (unpaired) electrons. The Morgan fingerprint density at radius 1 is 1.00 bits per heavy atom. The fourth-order valence-corrected chi connectivity index (χ4v) is 3.40. The molecule has 0 unspecified atom stereocenters. The summed E-state index contributed by atoms with van der Waals surface area (Å²) >= 11 is 2.22. The number of benzene rings is 3. The van der Waals surface area contributed by atoms with Crippen LogP contribution in [0.5, 0.6) is 17.2 Å². The monoisotopic (exact) mass is 505 g/mol. The first-order valence-electron chi connectivity index (χ1n) is 9.10. The van der Waals surface area contributed by atoms with E-state index in [4.69, 9.17) is 14.2 Å². The predicted octanol–water partition coefficient (Wildman–Crippen LogP) is 6.17. The first kappa shape index (κ1) is 21.1. The Kier molecular flexibility index (Phi) is 7.46. The van der Waals surface area contributed by atoms with Crippen molar-refractivity contribution in [3.8, 4) is 17.2 Å². The summed E-state index contributed by atoms with van der Waals surface area (Å²) in [5.41, 5.74) is 2.62. The van der Waals surface area contributed by atoms with Crippen molar-refractivity contribution in [2.24, 2.45) is 4.99 Å². The van der Waals surface area contributed by atoms with Gasteiger partial charge in [-0.3, -0.25) is 4.99 Å². The summed E-state index contributed by atoms with van der Waals surface area (Å²) in [6.07, 6.45) is 1.79. The lowest BCUT2D eigenvalue weighted by Gasteiger charge is -2.14. The normalized spacial score (nSPS) is 10.9. The molecule has 6 heteroatoms. The zero-order chi connectivity index (χ0) is 20.6. The second-order valence-electron chi connectivity index (χ2n) is 6.13. The molecule has 0 heterocycles. The molecular formula is C23H21FINO3. The summed E-state index contributed by atoms with van der Waals surface area (Å²) in [4.78, 5) is 4.51. The number of aliphatic imine (C=N–C) groups is 1. The quantitative estimate of drug-likeness (QED) is 0.272. The van der Waals surface area contributed by atoms with Crippen molar-refractivity contribution >= 4 is 34.5 Å². The van der Waals surface area contributed by atoms with E-state index in [1.165, 1.54) is 12.1 Å². The SMILES string of the molecule is CCOc1cc(C=Nc2ccc(OC)cc2)cc(I)c1OCc1ccc(F)cc1. The van der Waals surface area contributed by atoms with Crippen LogP contribution >= 0.6 is 22.6 Å². The smallest absolute Gasteiger partial charge is 0.175 e. The molecule has 0 atom stereocenters. The molecule has 0 fully saturated rings. The van der Waals surface area contributed by atoms with Crippen molar-refractivity contribution in [2.45, 2.75) is 13.5 Å². The molecular weight excluding hydrogens is 484 g/mol. The second kappa shape index (κ2) is 10.2. The van der Waals surface area contributed by atoms with Crippen molar-refractivity contribution in [1.29, 1.82) is 0 Å². The molecule has 0 bridgehead atoms. The van der Waals surface area contributed by atoms with E-state index in [1.807, 2.05) is 43.3 Å². The van der Waals surface area contributed by atoms with Gasteiger partial charge in [-0.1, -0.05) is 12.1 Å². The lowest BCUT2D eigenvalue weighted by atomic mass is 10.2. The van der Waals surface area contributed by atoms with Crippen molar-refractivity contribution < 1.29 is 18.6 Å². The number of ether oxygens (including phenoxy) is 3. The van der Waals surface area contributed by atoms with Crippen LogP contribution < -0.4 is 14.2 Å². The molecule has 0 N–H and O–H groups in total. The van der Waals surface area contributed by atoms with Gasteiger partial charge < -0.3 is 14.2 Å². The largest absolute Gasteiger partial charge is 0.497 e. The van der Waals surface area contributed by atoms with Gasteiger partial charge in [0.25, 0.3) is 0 Å². The molecule has 0 aliphatic carbocycles. The van der Waals surface area contributed by atoms with Crippen LogP contribution in [0.25, 0.3) is 0 Å². The van der Waals surface area contributed by atoms with Gasteiger partial charge in [0.2, 0.25) is 0 Å². The van der Waals surface area contributed by atoms with E-state index in [2.05, 4.69) is 27.6 Å². The Hall–Kier alpha value is -2.61. The van der Waals surface area contributed by atoms with Crippen molar-refractivity contribution in [2.75, 3.05) is 13.7 Å². The molecule has 0 amide bonds. The number of hydrogen-bond acceptors (Lipinski definition) is 4. The maximum absolute atomic E-state index is 13.1. The zero-order valence-electron chi connectivity index (χ0n) is 16.2. The number of nitrogens with zero attached hydrogens (tertiary/aromatic N) is 1. The minimum absolute atomic E-state index is 0.265. The van der Waals surface area contributed by atoms with Gasteiger partial charge >= 0.3 is 0 Å². The maximum atomic E-state index is 13.1. The second-order valence-corrected chi connectivity index (χ2v) is 7.30. The van der Waals surface area contributed by atoms with E-state index in [-0.39, 0.29) is 5.82 Å². The van der Waals surface area contributed by atoms with Crippen LogP contribution in [0.2, 0.25) is 0 Å². The Morgan fingerprint density at radius 2 is 1.72 bits per heavy atom. The summed E-state index contributed by atoms with van der Waals surface area (Å²) in [5.74, 6) is 1.84. The van der Waals surface area contributed by atoms with Crippen molar-refractivity contribution in [1.82, 2.24) is 0 Å². The molecule has 0 saturated carbocycles. The first-order chi connectivity index (χ1) is 14.1. The van der Waals surface area contributed by atoms with E-state index in [0.717, 1.165) is 26.1 Å². The highest BCUT2D eigenvalue weighted by atomic mass is 127. The molecule has 0 aliphatic heterocycles. The summed E-state index contributed by atoms with van der Waals surface area (Å²) in [6.45, 7) is 2.77. The highest BCUT2D eigenvalue weighted by Crippen LogP contribution is 2.34. The van der Waals surface area contributed by atoms with Gasteiger partial charge in [0.05, 0.1) is 23.0 Å². The van der Waals surface area contributed by atoms with E-state index in [1.54, 1.807) is 25.5 Å². The van der Waals surface area contributed by atoms with Gasteiger partial charge in [-0.15, -0.1) is 0 Å². The Balaban J connectivity index is 1.79. The fraction of sp³-hybridized carbons (Fsp3) is 0.174. The molecule has 150 valence electrons. The molecule has 0 spiro atoms. The molecule has 0 aromatic heterocycles. The summed E-state index contributed by atoms with van der Waals surface area (Å²) in [6, 6.07) is 17.7. The predicted molar refractivity (Wildman–Crippen MR) is 121 cm³/mol. The molecule has 3 rings (SSSR count). The molecule has 0 aliphatic rings. The first-order valence-corrected chi connectivity index (χ1v) is 10.2. The van der Waals surface area contributed by atoms with Crippen molar-refractivity contribution in [3.63, 3.8) is 0 Å². The number of hydrogen-bond donors (Lipinski definition) is 0. The van der Waals surface area contributed by atoms with Gasteiger partial charge in [0.1, 0.15) is 18.2 Å². The van der Waals surface area contributed by atoms with E-state index >= 15 is 0 Å². The standard InChI is InChI=1S/C23H21FINO3/c1-3-28-22-13-17(14-26-19-8-10-20(27-2)11-9-19)12-21(25)23(22)29-15-16-4-6-18(24)7-5-16/h4-14H,3,15H2,1-2H3. The minimum atomic E-state index is -0.265. The summed E-state index contributed by atoms with van der Waals surface area (Å²) in [5, 5.41) is 0. The number of halogens is 2. The van der Waals surface area contributed by atoms with Crippen LogP contribution in [-0.2, 0) is 6.61 Å². The van der Waals surface area contributed by atoms with Gasteiger partial charge in [0.15, 0.2) is 11.5 Å². The minimum Gasteiger partial charge on any atom is -0.497 e. The average Bonchev–Trinajstić information content (AvgIpc) is 2.73. The van der Waals surface area contributed by atoms with E-state index < -0.39 is 0 Å². The third kappa shape index (κ3) is 5.93. The topological polar surface area (TPSA) is 40.0 Å². The zero-order valence-corrected chi connectivity index (χ0v) is 18.4. The van der Waals surface area contributed by atoms with Gasteiger partial charge in [0, 0.05) is 6.21 Å². The van der Waals surface area contributed by atoms with E-state index in [0.29, 0.717) is 24.7 Å². The van der Waals surface area contributed by atoms with Crippen LogP contribution in [0.3, 0.4) is 0 Å². The lowest BCUT2D eigenvalue weighted by Crippen LogP contribution is -2.02. The van der Waals surface area contributed by atoms with E-state index in [9.17, 15) is 4.39 Å². The molecule has 29 heavy (non-hydrogen) atoms. The fourth-order valence-electron chi connectivity index (χ4n) is 2.62. The Bertz CT molecular complexity index is 973. The Morgan fingerprint density at radius 3 is 2.38 bits per heavy atom. The van der Waals surface area contributed by atoms with Crippen LogP contribution in [0.4, 0.5) is 10.1 Å². The summed E-state index contributed by atoms with van der Waals surface area (Å²) in [7, 11) is 1.63. The van der Waals surface area contributed by atoms with Crippen LogP contribution in [0.15, 0.2) is 65.7 Å². The third-order valence-corrected chi connectivity index (χ3v) is 4.86.